The van der Waals surface area contributed by atoms with E-state index in [1.807, 2.05) is 25.1 Å². The average molecular weight is 219 g/mol. The van der Waals surface area contributed by atoms with Crippen molar-refractivity contribution in [1.82, 2.24) is 5.32 Å². The number of nitrogens with one attached hydrogen (secondary N) is 1. The molecular formula is C12H17N3O. The van der Waals surface area contributed by atoms with E-state index in [0.717, 1.165) is 36.3 Å². The minimum absolute atomic E-state index is 0.0217. The number of benzene rings is 1. The molecule has 0 aliphatic carbocycles. The number of aryl methyl sites for hydroxylation is 1. The number of hydrogen-bond donors (Lipinski definition) is 2. The molecule has 86 valence electrons. The monoisotopic (exact) mass is 219 g/mol. The van der Waals surface area contributed by atoms with Crippen LogP contribution in [-0.4, -0.2) is 19.1 Å². The predicted octanol–water partition coefficient (Wildman–Crippen LogP) is 1.37. The van der Waals surface area contributed by atoms with Crippen LogP contribution in [0.4, 0.5) is 10.5 Å². The summed E-state index contributed by atoms with van der Waals surface area (Å²) in [4.78, 5) is 13.5. The highest BCUT2D eigenvalue weighted by atomic mass is 16.2. The number of nitrogens with two attached hydrogens (primary N) is 1. The van der Waals surface area contributed by atoms with Crippen LogP contribution in [0.15, 0.2) is 18.2 Å². The molecule has 4 nitrogen and oxygen atoms in total. The number of anilines is 1. The Kier molecular flexibility index (Phi) is 3.10. The molecule has 1 saturated heterocycles. The molecule has 16 heavy (non-hydrogen) atoms. The Hall–Kier alpha value is -1.55. The second kappa shape index (κ2) is 4.53. The third-order valence-corrected chi connectivity index (χ3v) is 2.96. The summed E-state index contributed by atoms with van der Waals surface area (Å²) in [6.07, 6.45) is 0.976. The van der Waals surface area contributed by atoms with Crippen molar-refractivity contribution in [2.45, 2.75) is 19.9 Å². The quantitative estimate of drug-likeness (QED) is 0.789. The first-order chi connectivity index (χ1) is 7.74. The zero-order chi connectivity index (χ0) is 11.5. The number of urea groups is 1. The van der Waals surface area contributed by atoms with Gasteiger partial charge in [-0.1, -0.05) is 12.1 Å². The largest absolute Gasteiger partial charge is 0.338 e. The van der Waals surface area contributed by atoms with Crippen LogP contribution in [-0.2, 0) is 6.54 Å². The standard InChI is InChI=1S/C12H17N3O/c1-9-4-2-5-11(10(9)8-13)15-7-3-6-14-12(15)16/h2,4-5H,3,6-8,13H2,1H3,(H,14,16). The van der Waals surface area contributed by atoms with Crippen molar-refractivity contribution in [3.63, 3.8) is 0 Å². The van der Waals surface area contributed by atoms with Crippen LogP contribution in [0.25, 0.3) is 0 Å². The van der Waals surface area contributed by atoms with Crippen LogP contribution in [0.5, 0.6) is 0 Å². The van der Waals surface area contributed by atoms with Crippen molar-refractivity contribution >= 4 is 11.7 Å². The fourth-order valence-electron chi connectivity index (χ4n) is 2.06. The van der Waals surface area contributed by atoms with Gasteiger partial charge in [-0.15, -0.1) is 0 Å². The summed E-state index contributed by atoms with van der Waals surface area (Å²) in [5.41, 5.74) is 8.88. The molecular weight excluding hydrogens is 202 g/mol. The van der Waals surface area contributed by atoms with E-state index in [1.54, 1.807) is 4.90 Å². The molecule has 0 unspecified atom stereocenters. The molecule has 0 saturated carbocycles. The highest BCUT2D eigenvalue weighted by molar-refractivity contribution is 5.93. The lowest BCUT2D eigenvalue weighted by atomic mass is 10.1. The SMILES string of the molecule is Cc1cccc(N2CCCNC2=O)c1CN. The lowest BCUT2D eigenvalue weighted by molar-refractivity contribution is 0.243. The Morgan fingerprint density at radius 3 is 3.00 bits per heavy atom. The van der Waals surface area contributed by atoms with Crippen LogP contribution in [0.2, 0.25) is 0 Å². The second-order valence-corrected chi connectivity index (χ2v) is 4.01. The minimum atomic E-state index is -0.0217. The van der Waals surface area contributed by atoms with E-state index in [0.29, 0.717) is 6.54 Å². The maximum Gasteiger partial charge on any atom is 0.321 e. The smallest absolute Gasteiger partial charge is 0.321 e. The third-order valence-electron chi connectivity index (χ3n) is 2.96. The Morgan fingerprint density at radius 1 is 1.50 bits per heavy atom. The highest BCUT2D eigenvalue weighted by Gasteiger charge is 2.21. The van der Waals surface area contributed by atoms with Crippen molar-refractivity contribution < 1.29 is 4.79 Å². The summed E-state index contributed by atoms with van der Waals surface area (Å²) in [5, 5.41) is 2.85. The topological polar surface area (TPSA) is 58.4 Å². The van der Waals surface area contributed by atoms with Gasteiger partial charge < -0.3 is 11.1 Å². The van der Waals surface area contributed by atoms with Crippen LogP contribution in [0, 0.1) is 6.92 Å². The molecule has 2 amide bonds. The second-order valence-electron chi connectivity index (χ2n) is 4.01. The molecule has 1 heterocycles. The fraction of sp³-hybridized carbons (Fsp3) is 0.417. The van der Waals surface area contributed by atoms with E-state index < -0.39 is 0 Å². The fourth-order valence-corrected chi connectivity index (χ4v) is 2.06. The summed E-state index contributed by atoms with van der Waals surface area (Å²) >= 11 is 0. The van der Waals surface area contributed by atoms with E-state index in [4.69, 9.17) is 5.73 Å². The van der Waals surface area contributed by atoms with Crippen LogP contribution in [0.1, 0.15) is 17.5 Å². The normalized spacial score (nSPS) is 16.1. The first-order valence-electron chi connectivity index (χ1n) is 5.58. The van der Waals surface area contributed by atoms with E-state index in [-0.39, 0.29) is 6.03 Å². The number of nitrogens with zero attached hydrogens (tertiary/aromatic N) is 1. The van der Waals surface area contributed by atoms with Gasteiger partial charge >= 0.3 is 6.03 Å². The molecule has 1 fully saturated rings. The van der Waals surface area contributed by atoms with Gasteiger partial charge in [-0.2, -0.15) is 0 Å². The van der Waals surface area contributed by atoms with Crippen LogP contribution < -0.4 is 16.0 Å². The summed E-state index contributed by atoms with van der Waals surface area (Å²) < 4.78 is 0. The summed E-state index contributed by atoms with van der Waals surface area (Å²) in [6.45, 7) is 4.01. The Labute approximate surface area is 95.4 Å². The number of carbonyl (C=O) groups excluding carboxylic acids is 1. The van der Waals surface area contributed by atoms with E-state index in [9.17, 15) is 4.79 Å². The van der Waals surface area contributed by atoms with Gasteiger partial charge in [0.25, 0.3) is 0 Å². The van der Waals surface area contributed by atoms with Crippen molar-refractivity contribution in [2.24, 2.45) is 5.73 Å². The molecule has 1 aromatic rings. The first kappa shape index (κ1) is 11.0. The van der Waals surface area contributed by atoms with Crippen molar-refractivity contribution in [3.8, 4) is 0 Å². The molecule has 0 bridgehead atoms. The zero-order valence-electron chi connectivity index (χ0n) is 9.49. The molecule has 1 aliphatic rings. The molecule has 1 aromatic carbocycles. The maximum atomic E-state index is 11.7. The lowest BCUT2D eigenvalue weighted by Gasteiger charge is -2.29. The molecule has 2 rings (SSSR count). The maximum absolute atomic E-state index is 11.7. The minimum Gasteiger partial charge on any atom is -0.338 e. The van der Waals surface area contributed by atoms with E-state index in [2.05, 4.69) is 5.32 Å². The first-order valence-corrected chi connectivity index (χ1v) is 5.58. The number of carbonyl (C=O) groups is 1. The van der Waals surface area contributed by atoms with Crippen LogP contribution >= 0.6 is 0 Å². The zero-order valence-corrected chi connectivity index (χ0v) is 9.49. The van der Waals surface area contributed by atoms with Crippen molar-refractivity contribution in [2.75, 3.05) is 18.0 Å². The Balaban J connectivity index is 2.38. The highest BCUT2D eigenvalue weighted by Crippen LogP contribution is 2.24. The van der Waals surface area contributed by atoms with Gasteiger partial charge in [0.1, 0.15) is 0 Å². The molecule has 0 spiro atoms. The predicted molar refractivity (Wildman–Crippen MR) is 64.4 cm³/mol. The van der Waals surface area contributed by atoms with Crippen LogP contribution in [0.3, 0.4) is 0 Å². The Morgan fingerprint density at radius 2 is 2.31 bits per heavy atom. The molecule has 0 radical (unpaired) electrons. The van der Waals surface area contributed by atoms with E-state index >= 15 is 0 Å². The molecule has 1 aliphatic heterocycles. The summed E-state index contributed by atoms with van der Waals surface area (Å²) in [7, 11) is 0. The number of rotatable bonds is 2. The van der Waals surface area contributed by atoms with Crippen molar-refractivity contribution in [3.05, 3.63) is 29.3 Å². The molecule has 0 aromatic heterocycles. The summed E-state index contributed by atoms with van der Waals surface area (Å²) in [5.74, 6) is 0. The van der Waals surface area contributed by atoms with Gasteiger partial charge in [0.05, 0.1) is 5.69 Å². The van der Waals surface area contributed by atoms with Gasteiger partial charge in [-0.05, 0) is 30.5 Å². The van der Waals surface area contributed by atoms with E-state index in [1.165, 1.54) is 0 Å². The molecule has 0 atom stereocenters. The van der Waals surface area contributed by atoms with Gasteiger partial charge in [-0.3, -0.25) is 4.90 Å². The van der Waals surface area contributed by atoms with Crippen molar-refractivity contribution in [1.29, 1.82) is 0 Å². The summed E-state index contributed by atoms with van der Waals surface area (Å²) in [6, 6.07) is 5.92. The van der Waals surface area contributed by atoms with Gasteiger partial charge in [0, 0.05) is 19.6 Å². The van der Waals surface area contributed by atoms with Gasteiger partial charge in [-0.25, -0.2) is 4.79 Å². The molecule has 4 heteroatoms. The van der Waals surface area contributed by atoms with Gasteiger partial charge in [0.2, 0.25) is 0 Å². The molecule has 3 N–H and O–H groups in total. The number of amides is 2. The lowest BCUT2D eigenvalue weighted by Crippen LogP contribution is -2.47. The average Bonchev–Trinajstić information content (AvgIpc) is 2.29. The Bertz CT molecular complexity index is 403. The number of hydrogen-bond acceptors (Lipinski definition) is 2. The third kappa shape index (κ3) is 1.88. The van der Waals surface area contributed by atoms with Gasteiger partial charge in [0.15, 0.2) is 0 Å².